The summed E-state index contributed by atoms with van der Waals surface area (Å²) in [6.45, 7) is 3.47. The largest absolute Gasteiger partial charge is 0.508 e. The van der Waals surface area contributed by atoms with Gasteiger partial charge in [0.05, 0.1) is 42.0 Å². The van der Waals surface area contributed by atoms with Gasteiger partial charge in [0.1, 0.15) is 17.5 Å². The summed E-state index contributed by atoms with van der Waals surface area (Å²) in [6, 6.07) is 12.4. The summed E-state index contributed by atoms with van der Waals surface area (Å²) in [5, 5.41) is 9.56. The Kier molecular flexibility index (Phi) is 7.64. The minimum atomic E-state index is -0.854. The number of thiazole rings is 1. The minimum absolute atomic E-state index is 0.0414. The van der Waals surface area contributed by atoms with E-state index in [-0.39, 0.29) is 29.7 Å². The lowest BCUT2D eigenvalue weighted by Gasteiger charge is -2.31. The van der Waals surface area contributed by atoms with E-state index in [4.69, 9.17) is 9.47 Å². The number of hydrogen-bond acceptors (Lipinski definition) is 10. The van der Waals surface area contributed by atoms with E-state index in [1.807, 2.05) is 0 Å². The SMILES string of the molecule is CCOC(=O)c1ccc(N2C(=O)C3Sc4c(sc(=O)n4CC(=O)N4CCOCC4)[C@@H](c4ccc(O)cc4)C3C2=O)cc1. The highest BCUT2D eigenvalue weighted by Crippen LogP contribution is 2.54. The summed E-state index contributed by atoms with van der Waals surface area (Å²) in [4.78, 5) is 69.4. The van der Waals surface area contributed by atoms with Crippen LogP contribution in [0.3, 0.4) is 0 Å². The van der Waals surface area contributed by atoms with Crippen molar-refractivity contribution in [2.24, 2.45) is 5.92 Å². The summed E-state index contributed by atoms with van der Waals surface area (Å²) in [7, 11) is 0. The Labute approximate surface area is 248 Å². The van der Waals surface area contributed by atoms with Crippen LogP contribution < -0.4 is 9.77 Å². The number of hydrogen-bond donors (Lipinski definition) is 1. The number of anilines is 1. The summed E-state index contributed by atoms with van der Waals surface area (Å²) in [6.07, 6.45) is 0. The Morgan fingerprint density at radius 3 is 2.36 bits per heavy atom. The molecule has 1 aromatic heterocycles. The van der Waals surface area contributed by atoms with Crippen molar-refractivity contribution in [3.8, 4) is 5.75 Å². The van der Waals surface area contributed by atoms with Gasteiger partial charge in [-0.3, -0.25) is 23.7 Å². The van der Waals surface area contributed by atoms with E-state index >= 15 is 0 Å². The molecule has 4 heterocycles. The lowest BCUT2D eigenvalue weighted by molar-refractivity contribution is -0.136. The molecular weight excluding hydrogens is 582 g/mol. The third kappa shape index (κ3) is 4.91. The van der Waals surface area contributed by atoms with Gasteiger partial charge in [0.25, 0.3) is 0 Å². The van der Waals surface area contributed by atoms with E-state index in [1.165, 1.54) is 41.0 Å². The maximum absolute atomic E-state index is 14.0. The van der Waals surface area contributed by atoms with Crippen LogP contribution in [-0.4, -0.2) is 76.4 Å². The first-order valence-corrected chi connectivity index (χ1v) is 15.2. The molecule has 3 aliphatic heterocycles. The number of nitrogens with zero attached hydrogens (tertiary/aromatic N) is 3. The number of aromatic hydroxyl groups is 1. The number of phenols is 1. The van der Waals surface area contributed by atoms with Crippen molar-refractivity contribution in [1.29, 1.82) is 0 Å². The molecule has 0 spiro atoms. The molecule has 1 N–H and O–H groups in total. The molecule has 3 aliphatic rings. The maximum atomic E-state index is 14.0. The molecule has 11 nitrogen and oxygen atoms in total. The Balaban J connectivity index is 1.38. The Hall–Kier alpha value is -3.94. The van der Waals surface area contributed by atoms with Crippen molar-refractivity contribution < 1.29 is 33.8 Å². The van der Waals surface area contributed by atoms with E-state index in [9.17, 15) is 29.1 Å². The number of fused-ring (bicyclic) bond motifs is 2. The molecule has 0 bridgehead atoms. The van der Waals surface area contributed by atoms with Crippen LogP contribution in [0.5, 0.6) is 5.75 Å². The van der Waals surface area contributed by atoms with Crippen molar-refractivity contribution >= 4 is 52.5 Å². The quantitative estimate of drug-likeness (QED) is 0.330. The molecule has 2 aromatic carbocycles. The van der Waals surface area contributed by atoms with E-state index in [0.29, 0.717) is 53.0 Å². The molecule has 0 aliphatic carbocycles. The molecule has 42 heavy (non-hydrogen) atoms. The van der Waals surface area contributed by atoms with Gasteiger partial charge in [-0.1, -0.05) is 35.2 Å². The monoisotopic (exact) mass is 609 g/mol. The van der Waals surface area contributed by atoms with E-state index in [0.717, 1.165) is 28.0 Å². The van der Waals surface area contributed by atoms with Crippen LogP contribution in [0.2, 0.25) is 0 Å². The third-order valence-corrected chi connectivity index (χ3v) is 10.2. The van der Waals surface area contributed by atoms with Gasteiger partial charge in [-0.2, -0.15) is 0 Å². The molecule has 3 atom stereocenters. The van der Waals surface area contributed by atoms with E-state index < -0.39 is 34.9 Å². The number of esters is 1. The fourth-order valence-electron chi connectivity index (χ4n) is 5.56. The molecule has 6 rings (SSSR count). The zero-order chi connectivity index (χ0) is 29.5. The second-order valence-electron chi connectivity index (χ2n) is 10.0. The number of amides is 3. The lowest BCUT2D eigenvalue weighted by atomic mass is 9.83. The van der Waals surface area contributed by atoms with Crippen LogP contribution in [0.15, 0.2) is 58.4 Å². The molecule has 0 saturated carbocycles. The minimum Gasteiger partial charge on any atom is -0.508 e. The van der Waals surface area contributed by atoms with Gasteiger partial charge in [-0.25, -0.2) is 9.69 Å². The molecule has 0 radical (unpaired) electrons. The number of aromatic nitrogens is 1. The lowest BCUT2D eigenvalue weighted by Crippen LogP contribution is -2.43. The van der Waals surface area contributed by atoms with Crippen LogP contribution in [-0.2, 0) is 30.4 Å². The van der Waals surface area contributed by atoms with Gasteiger partial charge in [0.15, 0.2) is 0 Å². The van der Waals surface area contributed by atoms with Gasteiger partial charge in [0, 0.05) is 23.9 Å². The van der Waals surface area contributed by atoms with Crippen molar-refractivity contribution in [3.05, 3.63) is 74.2 Å². The molecule has 3 amide bonds. The highest BCUT2D eigenvalue weighted by Gasteiger charge is 2.56. The number of ether oxygens (including phenoxy) is 2. The third-order valence-electron chi connectivity index (χ3n) is 7.60. The number of carbonyl (C=O) groups excluding carboxylic acids is 4. The van der Waals surface area contributed by atoms with Crippen molar-refractivity contribution in [2.45, 2.75) is 29.7 Å². The summed E-state index contributed by atoms with van der Waals surface area (Å²) in [5.41, 5.74) is 1.28. The molecule has 13 heteroatoms. The van der Waals surface area contributed by atoms with Gasteiger partial charge in [-0.05, 0) is 48.9 Å². The van der Waals surface area contributed by atoms with Crippen LogP contribution in [0, 0.1) is 5.92 Å². The van der Waals surface area contributed by atoms with E-state index in [1.54, 1.807) is 24.0 Å². The van der Waals surface area contributed by atoms with Gasteiger partial charge < -0.3 is 19.5 Å². The first kappa shape index (κ1) is 28.2. The molecule has 218 valence electrons. The average molecular weight is 610 g/mol. The number of benzene rings is 2. The Bertz CT molecular complexity index is 1610. The number of morpholine rings is 1. The van der Waals surface area contributed by atoms with Gasteiger partial charge in [0.2, 0.25) is 17.7 Å². The number of phenolic OH excluding ortho intramolecular Hbond substituents is 1. The second-order valence-corrected chi connectivity index (χ2v) is 12.2. The van der Waals surface area contributed by atoms with Crippen molar-refractivity contribution in [2.75, 3.05) is 37.8 Å². The molecule has 2 saturated heterocycles. The number of rotatable bonds is 6. The Morgan fingerprint density at radius 2 is 1.69 bits per heavy atom. The zero-order valence-corrected chi connectivity index (χ0v) is 24.2. The van der Waals surface area contributed by atoms with Gasteiger partial charge >= 0.3 is 10.8 Å². The summed E-state index contributed by atoms with van der Waals surface area (Å²) >= 11 is 2.10. The maximum Gasteiger partial charge on any atom is 0.338 e. The second kappa shape index (κ2) is 11.4. The highest BCUT2D eigenvalue weighted by atomic mass is 32.2. The first-order valence-electron chi connectivity index (χ1n) is 13.5. The van der Waals surface area contributed by atoms with Crippen LogP contribution in [0.25, 0.3) is 0 Å². The zero-order valence-electron chi connectivity index (χ0n) is 22.6. The van der Waals surface area contributed by atoms with Crippen LogP contribution in [0.1, 0.15) is 33.6 Å². The smallest absolute Gasteiger partial charge is 0.338 e. The molecular formula is C29H27N3O8S2. The average Bonchev–Trinajstić information content (AvgIpc) is 3.44. The normalized spacial score (nSPS) is 21.7. The summed E-state index contributed by atoms with van der Waals surface area (Å²) in [5.74, 6) is -3.04. The fourth-order valence-corrected chi connectivity index (χ4v) is 8.33. The number of imide groups is 1. The Morgan fingerprint density at radius 1 is 1.00 bits per heavy atom. The predicted molar refractivity (Wildman–Crippen MR) is 154 cm³/mol. The first-order chi connectivity index (χ1) is 20.3. The van der Waals surface area contributed by atoms with E-state index in [2.05, 4.69) is 0 Å². The predicted octanol–water partition coefficient (Wildman–Crippen LogP) is 2.45. The molecule has 2 fully saturated rings. The number of carbonyl (C=O) groups is 4. The standard InChI is InChI=1S/C29H27N3O8S2/c1-2-40-28(37)17-3-7-18(8-4-17)32-25(35)22-21(16-5-9-19(33)10-6-16)24-27(41-23(22)26(32)36)31(29(38)42-24)15-20(34)30-11-13-39-14-12-30/h3-10,21-23,33H,2,11-15H2,1H3/t21-,22?,23?/m0/s1. The topological polar surface area (TPSA) is 135 Å². The number of thioether (sulfide) groups is 1. The molecule has 3 aromatic rings. The highest BCUT2D eigenvalue weighted by molar-refractivity contribution is 8.00. The van der Waals surface area contributed by atoms with Crippen LogP contribution >= 0.6 is 23.1 Å². The van der Waals surface area contributed by atoms with Crippen molar-refractivity contribution in [3.63, 3.8) is 0 Å². The summed E-state index contributed by atoms with van der Waals surface area (Å²) < 4.78 is 11.8. The molecule has 2 unspecified atom stereocenters. The van der Waals surface area contributed by atoms with Crippen LogP contribution in [0.4, 0.5) is 5.69 Å². The fraction of sp³-hybridized carbons (Fsp3) is 0.345. The van der Waals surface area contributed by atoms with Crippen molar-refractivity contribution in [1.82, 2.24) is 9.47 Å². The van der Waals surface area contributed by atoms with Gasteiger partial charge in [-0.15, -0.1) is 0 Å².